The van der Waals surface area contributed by atoms with E-state index in [4.69, 9.17) is 9.97 Å². The van der Waals surface area contributed by atoms with E-state index in [1.54, 1.807) is 0 Å². The molecule has 2 heteroatoms. The first-order valence-corrected chi connectivity index (χ1v) is 19.2. The van der Waals surface area contributed by atoms with Crippen LogP contribution < -0.4 is 0 Å². The summed E-state index contributed by atoms with van der Waals surface area (Å²) < 4.78 is 0. The topological polar surface area (TPSA) is 25.8 Å². The van der Waals surface area contributed by atoms with E-state index in [0.717, 1.165) is 39.2 Å². The van der Waals surface area contributed by atoms with Gasteiger partial charge in [-0.05, 0) is 111 Å². The molecule has 0 bridgehead atoms. The largest absolute Gasteiger partial charge is 0.228 e. The van der Waals surface area contributed by atoms with Crippen molar-refractivity contribution in [3.63, 3.8) is 0 Å². The minimum absolute atomic E-state index is 0.708. The Bertz CT molecular complexity index is 3520. The summed E-state index contributed by atoms with van der Waals surface area (Å²) in [6, 6.07) is 70.6. The lowest BCUT2D eigenvalue weighted by atomic mass is 9.86. The molecule has 0 N–H and O–H groups in total. The predicted octanol–water partition coefficient (Wildman–Crippen LogP) is 14.7. The minimum Gasteiger partial charge on any atom is -0.228 e. The van der Waals surface area contributed by atoms with Gasteiger partial charge in [-0.2, -0.15) is 0 Å². The Kier molecular flexibility index (Phi) is 6.66. The highest BCUT2D eigenvalue weighted by Gasteiger charge is 2.19. The average Bonchev–Trinajstić information content (AvgIpc) is 3.27. The van der Waals surface area contributed by atoms with Crippen molar-refractivity contribution < 1.29 is 0 Å². The zero-order chi connectivity index (χ0) is 36.7. The van der Waals surface area contributed by atoms with Crippen LogP contribution in [0.25, 0.3) is 120 Å². The zero-order valence-corrected chi connectivity index (χ0v) is 30.4. The number of benzene rings is 10. The van der Waals surface area contributed by atoms with Gasteiger partial charge in [0.2, 0.25) is 0 Å². The SMILES string of the molecule is c1ccc(-c2nc(-c3ccc4ccccc4c3)cc(-c3ccccc3-c3cc4ccc5cccc6c7cccc8ccc9cccc(c(c3)c4c56)c9c87)n2)cc1. The summed E-state index contributed by atoms with van der Waals surface area (Å²) in [7, 11) is 0. The highest BCUT2D eigenvalue weighted by Crippen LogP contribution is 2.45. The second-order valence-electron chi connectivity index (χ2n) is 14.9. The quantitative estimate of drug-likeness (QED) is 0.170. The van der Waals surface area contributed by atoms with Crippen LogP contribution in [0.3, 0.4) is 0 Å². The molecule has 0 saturated carbocycles. The standard InChI is InChI=1S/C54H32N2/c1-2-12-37(13-3-1)54-55-48(39-27-23-33-11-4-5-14-38(33)29-39)32-49(56-54)43-19-7-6-18-42(43)41-30-40-28-26-36-16-9-21-45-44-20-8-15-34-24-25-35-17-10-22-46(52(35)50(34)44)47(31-41)53(40)51(36)45/h1-32H. The Hall–Kier alpha value is -7.42. The summed E-state index contributed by atoms with van der Waals surface area (Å²) >= 11 is 0. The number of fused-ring (bicyclic) bond motifs is 3. The number of aromatic nitrogens is 2. The van der Waals surface area contributed by atoms with Crippen molar-refractivity contribution in [1.29, 1.82) is 0 Å². The molecular formula is C54H32N2. The molecule has 0 aliphatic rings. The smallest absolute Gasteiger partial charge is 0.160 e. The Morgan fingerprint density at radius 3 is 1.45 bits per heavy atom. The normalized spacial score (nSPS) is 11.9. The summed E-state index contributed by atoms with van der Waals surface area (Å²) in [5, 5.41) is 17.7. The van der Waals surface area contributed by atoms with Gasteiger partial charge in [-0.3, -0.25) is 0 Å². The van der Waals surface area contributed by atoms with E-state index in [2.05, 4.69) is 188 Å². The van der Waals surface area contributed by atoms with Gasteiger partial charge in [0.1, 0.15) is 0 Å². The van der Waals surface area contributed by atoms with Crippen LogP contribution in [0.5, 0.6) is 0 Å². The third-order valence-corrected chi connectivity index (χ3v) is 11.7. The number of hydrogen-bond donors (Lipinski definition) is 0. The molecule has 0 atom stereocenters. The fourth-order valence-electron chi connectivity index (χ4n) is 9.20. The Morgan fingerprint density at radius 2 is 0.750 bits per heavy atom. The summed E-state index contributed by atoms with van der Waals surface area (Å²) in [4.78, 5) is 10.5. The Morgan fingerprint density at radius 1 is 0.250 bits per heavy atom. The van der Waals surface area contributed by atoms with Crippen LogP contribution in [0.1, 0.15) is 0 Å². The molecule has 0 saturated heterocycles. The molecule has 12 aromatic rings. The summed E-state index contributed by atoms with van der Waals surface area (Å²) in [6.07, 6.45) is 0. The minimum atomic E-state index is 0.708. The van der Waals surface area contributed by atoms with E-state index in [1.807, 2.05) is 6.07 Å². The number of nitrogens with zero attached hydrogens (tertiary/aromatic N) is 2. The van der Waals surface area contributed by atoms with Crippen LogP contribution in [0, 0.1) is 0 Å². The molecule has 2 nitrogen and oxygen atoms in total. The van der Waals surface area contributed by atoms with Crippen molar-refractivity contribution in [2.45, 2.75) is 0 Å². The van der Waals surface area contributed by atoms with Gasteiger partial charge in [-0.1, -0.05) is 170 Å². The predicted molar refractivity (Wildman–Crippen MR) is 238 cm³/mol. The fourth-order valence-corrected chi connectivity index (χ4v) is 9.20. The lowest BCUT2D eigenvalue weighted by Crippen LogP contribution is -1.97. The number of rotatable bonds is 4. The van der Waals surface area contributed by atoms with Crippen molar-refractivity contribution >= 4 is 75.4 Å². The zero-order valence-electron chi connectivity index (χ0n) is 30.4. The fraction of sp³-hybridized carbons (Fsp3) is 0. The highest BCUT2D eigenvalue weighted by molar-refractivity contribution is 6.37. The van der Waals surface area contributed by atoms with Gasteiger partial charge in [0.25, 0.3) is 0 Å². The Balaban J connectivity index is 1.16. The van der Waals surface area contributed by atoms with E-state index in [9.17, 15) is 0 Å². The maximum atomic E-state index is 5.30. The van der Waals surface area contributed by atoms with Crippen molar-refractivity contribution in [3.05, 3.63) is 194 Å². The van der Waals surface area contributed by atoms with Crippen molar-refractivity contribution in [3.8, 4) is 45.0 Å². The van der Waals surface area contributed by atoms with Crippen LogP contribution in [0.2, 0.25) is 0 Å². The van der Waals surface area contributed by atoms with Gasteiger partial charge in [-0.15, -0.1) is 0 Å². The van der Waals surface area contributed by atoms with E-state index in [1.165, 1.54) is 75.4 Å². The number of hydrogen-bond acceptors (Lipinski definition) is 2. The maximum absolute atomic E-state index is 5.30. The molecule has 0 aliphatic heterocycles. The molecule has 0 amide bonds. The molecule has 1 aromatic heterocycles. The molecule has 0 unspecified atom stereocenters. The lowest BCUT2D eigenvalue weighted by Gasteiger charge is -2.18. The van der Waals surface area contributed by atoms with Gasteiger partial charge >= 0.3 is 0 Å². The van der Waals surface area contributed by atoms with Crippen LogP contribution in [-0.2, 0) is 0 Å². The van der Waals surface area contributed by atoms with Gasteiger partial charge in [0, 0.05) is 16.7 Å². The summed E-state index contributed by atoms with van der Waals surface area (Å²) in [5.74, 6) is 0.708. The monoisotopic (exact) mass is 708 g/mol. The molecular weight excluding hydrogens is 677 g/mol. The summed E-state index contributed by atoms with van der Waals surface area (Å²) in [6.45, 7) is 0. The second kappa shape index (κ2) is 12.0. The first kappa shape index (κ1) is 31.0. The lowest BCUT2D eigenvalue weighted by molar-refractivity contribution is 1.18. The van der Waals surface area contributed by atoms with Gasteiger partial charge < -0.3 is 0 Å². The van der Waals surface area contributed by atoms with Crippen LogP contribution in [0.4, 0.5) is 0 Å². The molecule has 0 aliphatic carbocycles. The van der Waals surface area contributed by atoms with Crippen molar-refractivity contribution in [2.75, 3.05) is 0 Å². The molecule has 0 fully saturated rings. The van der Waals surface area contributed by atoms with Gasteiger partial charge in [0.15, 0.2) is 5.82 Å². The molecule has 258 valence electrons. The molecule has 11 aromatic carbocycles. The molecule has 0 radical (unpaired) electrons. The van der Waals surface area contributed by atoms with E-state index in [0.29, 0.717) is 5.82 Å². The average molecular weight is 709 g/mol. The molecule has 12 rings (SSSR count). The van der Waals surface area contributed by atoms with E-state index < -0.39 is 0 Å². The third kappa shape index (κ3) is 4.69. The van der Waals surface area contributed by atoms with Crippen molar-refractivity contribution in [1.82, 2.24) is 9.97 Å². The van der Waals surface area contributed by atoms with Gasteiger partial charge in [0.05, 0.1) is 11.4 Å². The Labute approximate surface area is 323 Å². The first-order chi connectivity index (χ1) is 27.7. The molecule has 0 spiro atoms. The van der Waals surface area contributed by atoms with Gasteiger partial charge in [-0.25, -0.2) is 9.97 Å². The molecule has 1 heterocycles. The van der Waals surface area contributed by atoms with Crippen molar-refractivity contribution in [2.24, 2.45) is 0 Å². The first-order valence-electron chi connectivity index (χ1n) is 19.2. The van der Waals surface area contributed by atoms with E-state index >= 15 is 0 Å². The van der Waals surface area contributed by atoms with Crippen LogP contribution in [0.15, 0.2) is 194 Å². The van der Waals surface area contributed by atoms with Crippen LogP contribution >= 0.6 is 0 Å². The van der Waals surface area contributed by atoms with Crippen LogP contribution in [-0.4, -0.2) is 9.97 Å². The molecule has 56 heavy (non-hydrogen) atoms. The summed E-state index contributed by atoms with van der Waals surface area (Å²) in [5.41, 5.74) is 7.20. The highest BCUT2D eigenvalue weighted by atomic mass is 14.9. The second-order valence-corrected chi connectivity index (χ2v) is 14.9. The van der Waals surface area contributed by atoms with E-state index in [-0.39, 0.29) is 0 Å². The third-order valence-electron chi connectivity index (χ3n) is 11.7. The maximum Gasteiger partial charge on any atom is 0.160 e.